The van der Waals surface area contributed by atoms with Gasteiger partial charge in [-0.05, 0) is 17.7 Å². The number of urea groups is 1. The molecule has 0 saturated carbocycles. The average Bonchev–Trinajstić information content (AvgIpc) is 2.26. The maximum Gasteiger partial charge on any atom is 0.315 e. The summed E-state index contributed by atoms with van der Waals surface area (Å²) in [7, 11) is 3.17. The third-order valence-corrected chi connectivity index (χ3v) is 1.69. The molecule has 0 aliphatic carbocycles. The maximum absolute atomic E-state index is 10.9. The van der Waals surface area contributed by atoms with Crippen molar-refractivity contribution in [2.24, 2.45) is 0 Å². The van der Waals surface area contributed by atoms with E-state index in [4.69, 9.17) is 4.74 Å². The first-order valence-corrected chi connectivity index (χ1v) is 4.22. The summed E-state index contributed by atoms with van der Waals surface area (Å²) in [6.07, 6.45) is 0. The molecule has 0 saturated heterocycles. The second kappa shape index (κ2) is 5.11. The molecule has 2 N–H and O–H groups in total. The molecule has 1 aromatic rings. The molecule has 0 bridgehead atoms. The van der Waals surface area contributed by atoms with E-state index in [2.05, 4.69) is 10.6 Å². The van der Waals surface area contributed by atoms with E-state index in [0.717, 1.165) is 11.3 Å². The lowest BCUT2D eigenvalue weighted by Gasteiger charge is -2.05. The highest BCUT2D eigenvalue weighted by Gasteiger charge is 1.98. The molecule has 0 aromatic heterocycles. The number of amides is 2. The van der Waals surface area contributed by atoms with Crippen molar-refractivity contribution in [1.82, 2.24) is 10.6 Å². The molecule has 0 spiro atoms. The molecule has 1 radical (unpaired) electrons. The van der Waals surface area contributed by atoms with Crippen molar-refractivity contribution in [3.05, 3.63) is 36.4 Å². The number of carbonyl (C=O) groups excluding carboxylic acids is 1. The molecule has 0 aliphatic rings. The van der Waals surface area contributed by atoms with Crippen LogP contribution < -0.4 is 15.4 Å². The predicted molar refractivity (Wildman–Crippen MR) is 54.0 cm³/mol. The lowest BCUT2D eigenvalue weighted by Crippen LogP contribution is -2.30. The van der Waals surface area contributed by atoms with Crippen LogP contribution in [0.2, 0.25) is 0 Å². The minimum atomic E-state index is -0.243. The third-order valence-electron chi connectivity index (χ3n) is 1.69. The van der Waals surface area contributed by atoms with Gasteiger partial charge >= 0.3 is 6.03 Å². The molecular formula is C10H13N2O2. The van der Waals surface area contributed by atoms with E-state index in [1.165, 1.54) is 0 Å². The molecule has 4 heteroatoms. The van der Waals surface area contributed by atoms with Crippen LogP contribution in [0.5, 0.6) is 5.75 Å². The number of carbonyl (C=O) groups is 1. The van der Waals surface area contributed by atoms with Gasteiger partial charge in [0.1, 0.15) is 5.75 Å². The number of hydrogen-bond acceptors (Lipinski definition) is 2. The molecular weight excluding hydrogens is 180 g/mol. The smallest absolute Gasteiger partial charge is 0.315 e. The fourth-order valence-electron chi connectivity index (χ4n) is 0.952. The fourth-order valence-corrected chi connectivity index (χ4v) is 0.952. The van der Waals surface area contributed by atoms with E-state index in [9.17, 15) is 4.79 Å². The first kappa shape index (κ1) is 10.4. The summed E-state index contributed by atoms with van der Waals surface area (Å²) in [5.41, 5.74) is 0.882. The second-order valence-corrected chi connectivity index (χ2v) is 2.64. The van der Waals surface area contributed by atoms with Crippen molar-refractivity contribution < 1.29 is 9.53 Å². The Kier molecular flexibility index (Phi) is 3.79. The molecule has 2 amide bonds. The van der Waals surface area contributed by atoms with Gasteiger partial charge in [-0.2, -0.15) is 0 Å². The number of hydrogen-bond donors (Lipinski definition) is 2. The molecule has 0 heterocycles. The number of rotatable bonds is 3. The van der Waals surface area contributed by atoms with Gasteiger partial charge in [0.2, 0.25) is 0 Å². The summed E-state index contributed by atoms with van der Waals surface area (Å²) in [5.74, 6) is 0.762. The number of benzene rings is 1. The highest BCUT2D eigenvalue weighted by atomic mass is 16.5. The Morgan fingerprint density at radius 1 is 1.50 bits per heavy atom. The minimum Gasteiger partial charge on any atom is -0.497 e. The van der Waals surface area contributed by atoms with Crippen molar-refractivity contribution in [3.8, 4) is 5.75 Å². The monoisotopic (exact) mass is 193 g/mol. The first-order chi connectivity index (χ1) is 6.76. The summed E-state index contributed by atoms with van der Waals surface area (Å²) in [6, 6.07) is 7.16. The highest BCUT2D eigenvalue weighted by Crippen LogP contribution is 2.12. The van der Waals surface area contributed by atoms with Crippen molar-refractivity contribution >= 4 is 6.03 Å². The maximum atomic E-state index is 10.9. The van der Waals surface area contributed by atoms with Crippen LogP contribution in [0.3, 0.4) is 0 Å². The first-order valence-electron chi connectivity index (χ1n) is 4.22. The van der Waals surface area contributed by atoms with E-state index >= 15 is 0 Å². The largest absolute Gasteiger partial charge is 0.497 e. The normalized spacial score (nSPS) is 9.29. The van der Waals surface area contributed by atoms with E-state index in [1.807, 2.05) is 24.3 Å². The minimum absolute atomic E-state index is 0.243. The Morgan fingerprint density at radius 2 is 2.29 bits per heavy atom. The van der Waals surface area contributed by atoms with Crippen LogP contribution in [0.4, 0.5) is 4.79 Å². The van der Waals surface area contributed by atoms with Crippen LogP contribution in [-0.2, 0) is 0 Å². The quantitative estimate of drug-likeness (QED) is 0.756. The van der Waals surface area contributed by atoms with Crippen LogP contribution in [-0.4, -0.2) is 20.2 Å². The Hall–Kier alpha value is -1.71. The Labute approximate surface area is 83.3 Å². The average molecular weight is 193 g/mol. The van der Waals surface area contributed by atoms with Gasteiger partial charge in [0.05, 0.1) is 13.7 Å². The third kappa shape index (κ3) is 2.97. The van der Waals surface area contributed by atoms with Gasteiger partial charge in [0, 0.05) is 7.05 Å². The topological polar surface area (TPSA) is 50.4 Å². The van der Waals surface area contributed by atoms with Gasteiger partial charge in [-0.3, -0.25) is 0 Å². The molecule has 0 aliphatic heterocycles. The SMILES string of the molecule is CNC(=O)N[CH]c1cccc(OC)c1. The Morgan fingerprint density at radius 3 is 2.93 bits per heavy atom. The number of ether oxygens (including phenoxy) is 1. The molecule has 0 unspecified atom stereocenters. The van der Waals surface area contributed by atoms with Crippen molar-refractivity contribution in [2.75, 3.05) is 14.2 Å². The van der Waals surface area contributed by atoms with Crippen molar-refractivity contribution in [2.45, 2.75) is 0 Å². The van der Waals surface area contributed by atoms with Gasteiger partial charge in [-0.1, -0.05) is 12.1 Å². The van der Waals surface area contributed by atoms with Gasteiger partial charge < -0.3 is 15.4 Å². The van der Waals surface area contributed by atoms with E-state index in [1.54, 1.807) is 20.7 Å². The van der Waals surface area contributed by atoms with Crippen LogP contribution in [0.1, 0.15) is 5.56 Å². The van der Waals surface area contributed by atoms with E-state index in [0.29, 0.717) is 0 Å². The Balaban J connectivity index is 2.54. The molecule has 4 nitrogen and oxygen atoms in total. The zero-order valence-electron chi connectivity index (χ0n) is 8.20. The lowest BCUT2D eigenvalue weighted by molar-refractivity contribution is 0.245. The summed E-state index contributed by atoms with van der Waals surface area (Å²) in [6.45, 7) is 1.61. The molecule has 75 valence electrons. The van der Waals surface area contributed by atoms with Crippen LogP contribution >= 0.6 is 0 Å². The fraction of sp³-hybridized carbons (Fsp3) is 0.200. The summed E-state index contributed by atoms with van der Waals surface area (Å²) < 4.78 is 5.04. The lowest BCUT2D eigenvalue weighted by atomic mass is 10.2. The summed E-state index contributed by atoms with van der Waals surface area (Å²) in [4.78, 5) is 10.9. The molecule has 14 heavy (non-hydrogen) atoms. The summed E-state index contributed by atoms with van der Waals surface area (Å²) >= 11 is 0. The van der Waals surface area contributed by atoms with Crippen LogP contribution in [0, 0.1) is 6.54 Å². The Bertz CT molecular complexity index is 313. The van der Waals surface area contributed by atoms with E-state index < -0.39 is 0 Å². The van der Waals surface area contributed by atoms with Crippen LogP contribution in [0.15, 0.2) is 24.3 Å². The van der Waals surface area contributed by atoms with Crippen molar-refractivity contribution in [3.63, 3.8) is 0 Å². The van der Waals surface area contributed by atoms with Crippen LogP contribution in [0.25, 0.3) is 0 Å². The second-order valence-electron chi connectivity index (χ2n) is 2.64. The molecule has 1 rings (SSSR count). The zero-order valence-corrected chi connectivity index (χ0v) is 8.20. The number of nitrogens with one attached hydrogen (secondary N) is 2. The zero-order chi connectivity index (χ0) is 10.4. The van der Waals surface area contributed by atoms with Gasteiger partial charge in [-0.25, -0.2) is 4.79 Å². The number of methoxy groups -OCH3 is 1. The molecule has 0 atom stereocenters. The van der Waals surface area contributed by atoms with Gasteiger partial charge in [0.15, 0.2) is 0 Å². The highest BCUT2D eigenvalue weighted by molar-refractivity contribution is 5.74. The standard InChI is InChI=1S/C10H13N2O2/c1-11-10(13)12-7-8-4-3-5-9(6-8)14-2/h3-7H,1-2H3,(H2,11,12,13). The van der Waals surface area contributed by atoms with Crippen molar-refractivity contribution in [1.29, 1.82) is 0 Å². The van der Waals surface area contributed by atoms with E-state index in [-0.39, 0.29) is 6.03 Å². The summed E-state index contributed by atoms with van der Waals surface area (Å²) in [5, 5.41) is 5.02. The van der Waals surface area contributed by atoms with Gasteiger partial charge in [0.25, 0.3) is 0 Å². The van der Waals surface area contributed by atoms with Gasteiger partial charge in [-0.15, -0.1) is 0 Å². The molecule has 0 fully saturated rings. The molecule has 1 aromatic carbocycles. The predicted octanol–water partition coefficient (Wildman–Crippen LogP) is 1.13.